The second-order valence-corrected chi connectivity index (χ2v) is 11.8. The summed E-state index contributed by atoms with van der Waals surface area (Å²) in [6.07, 6.45) is 3.67. The number of nitrogens with zero attached hydrogens (tertiary/aromatic N) is 2. The average molecular weight is 576 g/mol. The highest BCUT2D eigenvalue weighted by Gasteiger charge is 2.36. The number of carbonyl (C=O) groups is 1. The number of hydrogen-bond donors (Lipinski definition) is 1. The molecule has 2 aliphatic rings. The maximum atomic E-state index is 13.9. The molecule has 3 aromatic carbocycles. The van der Waals surface area contributed by atoms with E-state index in [0.717, 1.165) is 47.6 Å². The smallest absolute Gasteiger partial charge is 0.232 e. The fraction of sp³-hybridized carbons (Fsp3) is 0.441. The number of hydrogen-bond acceptors (Lipinski definition) is 5. The second-order valence-electron chi connectivity index (χ2n) is 11.4. The van der Waals surface area contributed by atoms with Gasteiger partial charge in [0.15, 0.2) is 11.5 Å². The van der Waals surface area contributed by atoms with Crippen molar-refractivity contribution >= 4 is 28.9 Å². The van der Waals surface area contributed by atoms with Crippen LogP contribution in [0.5, 0.6) is 11.5 Å². The number of fused-ring (bicyclic) bond motifs is 1. The molecule has 2 heterocycles. The molecule has 2 aliphatic heterocycles. The standard InChI is InChI=1S/C34H42ClN3O3/c1-6-22(2)41-32-20-30-26(18-31(32)40-5)19-33(39)38(34(30)24-9-11-27(35)12-10-24)29-15-13-28(14-16-29)37(4)23(3)25-8-7-17-36-21-25/h9-16,18,20,22-23,25,34,36H,6-8,17,19,21H2,1-5H3. The van der Waals surface area contributed by atoms with Crippen molar-refractivity contribution in [3.8, 4) is 11.5 Å². The maximum Gasteiger partial charge on any atom is 0.232 e. The Hall–Kier alpha value is -3.22. The predicted molar refractivity (Wildman–Crippen MR) is 168 cm³/mol. The first-order valence-electron chi connectivity index (χ1n) is 14.8. The molecular formula is C34H42ClN3O3. The zero-order valence-corrected chi connectivity index (χ0v) is 25.6. The number of halogens is 1. The van der Waals surface area contributed by atoms with Crippen LogP contribution >= 0.6 is 11.6 Å². The molecule has 0 spiro atoms. The Balaban J connectivity index is 1.53. The Morgan fingerprint density at radius 3 is 2.44 bits per heavy atom. The van der Waals surface area contributed by atoms with E-state index in [-0.39, 0.29) is 24.5 Å². The molecule has 1 fully saturated rings. The van der Waals surface area contributed by atoms with Crippen molar-refractivity contribution in [3.05, 3.63) is 82.4 Å². The van der Waals surface area contributed by atoms with Crippen molar-refractivity contribution in [3.63, 3.8) is 0 Å². The number of anilines is 2. The first-order valence-corrected chi connectivity index (χ1v) is 15.2. The lowest BCUT2D eigenvalue weighted by Crippen LogP contribution is -2.43. The quantitative estimate of drug-likeness (QED) is 0.297. The summed E-state index contributed by atoms with van der Waals surface area (Å²) in [6, 6.07) is 20.3. The van der Waals surface area contributed by atoms with Crippen molar-refractivity contribution in [2.75, 3.05) is 37.0 Å². The zero-order valence-electron chi connectivity index (χ0n) is 24.8. The molecule has 218 valence electrons. The monoisotopic (exact) mass is 575 g/mol. The Kier molecular flexibility index (Phi) is 9.10. The highest BCUT2D eigenvalue weighted by molar-refractivity contribution is 6.30. The summed E-state index contributed by atoms with van der Waals surface area (Å²) in [4.78, 5) is 18.1. The minimum Gasteiger partial charge on any atom is -0.493 e. The summed E-state index contributed by atoms with van der Waals surface area (Å²) in [5, 5.41) is 4.20. The number of ether oxygens (including phenoxy) is 2. The molecule has 1 amide bonds. The second kappa shape index (κ2) is 12.7. The minimum absolute atomic E-state index is 0.0357. The van der Waals surface area contributed by atoms with Crippen molar-refractivity contribution in [1.29, 1.82) is 0 Å². The van der Waals surface area contributed by atoms with Gasteiger partial charge < -0.3 is 24.6 Å². The van der Waals surface area contributed by atoms with Gasteiger partial charge in [-0.25, -0.2) is 0 Å². The van der Waals surface area contributed by atoms with Gasteiger partial charge in [0.05, 0.1) is 25.7 Å². The van der Waals surface area contributed by atoms with E-state index >= 15 is 0 Å². The topological polar surface area (TPSA) is 54.0 Å². The molecule has 1 saturated heterocycles. The molecule has 7 heteroatoms. The van der Waals surface area contributed by atoms with Crippen LogP contribution in [0.15, 0.2) is 60.7 Å². The fourth-order valence-electron chi connectivity index (χ4n) is 6.07. The average Bonchev–Trinajstić information content (AvgIpc) is 3.00. The van der Waals surface area contributed by atoms with Gasteiger partial charge in [-0.2, -0.15) is 0 Å². The molecule has 0 bridgehead atoms. The van der Waals surface area contributed by atoms with E-state index < -0.39 is 0 Å². The lowest BCUT2D eigenvalue weighted by Gasteiger charge is -2.39. The summed E-state index contributed by atoms with van der Waals surface area (Å²) in [6.45, 7) is 8.62. The third-order valence-corrected chi connectivity index (χ3v) is 9.09. The molecular weight excluding hydrogens is 534 g/mol. The van der Waals surface area contributed by atoms with Crippen LogP contribution in [0.3, 0.4) is 0 Å². The normalized spacial score (nSPS) is 20.2. The summed E-state index contributed by atoms with van der Waals surface area (Å²) in [5.74, 6) is 2.00. The van der Waals surface area contributed by atoms with E-state index in [1.807, 2.05) is 35.2 Å². The first kappa shape index (κ1) is 29.3. The van der Waals surface area contributed by atoms with E-state index in [4.69, 9.17) is 21.1 Å². The van der Waals surface area contributed by atoms with Crippen LogP contribution in [0.4, 0.5) is 11.4 Å². The number of methoxy groups -OCH3 is 1. The number of benzene rings is 3. The Bertz CT molecular complexity index is 1340. The molecule has 0 aliphatic carbocycles. The third-order valence-electron chi connectivity index (χ3n) is 8.84. The third kappa shape index (κ3) is 6.19. The molecule has 1 N–H and O–H groups in total. The Labute approximate surface area is 249 Å². The Morgan fingerprint density at radius 1 is 1.07 bits per heavy atom. The van der Waals surface area contributed by atoms with Crippen LogP contribution in [-0.2, 0) is 11.2 Å². The lowest BCUT2D eigenvalue weighted by atomic mass is 9.86. The summed E-state index contributed by atoms with van der Waals surface area (Å²) < 4.78 is 12.0. The fourth-order valence-corrected chi connectivity index (χ4v) is 6.19. The highest BCUT2D eigenvalue weighted by atomic mass is 35.5. The lowest BCUT2D eigenvalue weighted by molar-refractivity contribution is -0.118. The van der Waals surface area contributed by atoms with Gasteiger partial charge >= 0.3 is 0 Å². The van der Waals surface area contributed by atoms with Crippen LogP contribution in [0.2, 0.25) is 5.02 Å². The Morgan fingerprint density at radius 2 is 1.80 bits per heavy atom. The minimum atomic E-state index is -0.329. The number of piperidine rings is 1. The molecule has 0 aromatic heterocycles. The van der Waals surface area contributed by atoms with E-state index in [1.54, 1.807) is 7.11 Å². The number of nitrogens with one attached hydrogen (secondary N) is 1. The van der Waals surface area contributed by atoms with E-state index in [9.17, 15) is 4.79 Å². The molecule has 0 radical (unpaired) electrons. The van der Waals surface area contributed by atoms with Gasteiger partial charge in [0, 0.05) is 29.5 Å². The number of carbonyl (C=O) groups excluding carboxylic acids is 1. The van der Waals surface area contributed by atoms with Crippen LogP contribution in [0.25, 0.3) is 0 Å². The maximum absolute atomic E-state index is 13.9. The first-order chi connectivity index (χ1) is 19.8. The zero-order chi connectivity index (χ0) is 29.1. The van der Waals surface area contributed by atoms with Crippen molar-refractivity contribution in [2.45, 2.75) is 64.6 Å². The van der Waals surface area contributed by atoms with Crippen LogP contribution < -0.4 is 24.6 Å². The van der Waals surface area contributed by atoms with Crippen molar-refractivity contribution < 1.29 is 14.3 Å². The largest absolute Gasteiger partial charge is 0.493 e. The summed E-state index contributed by atoms with van der Waals surface area (Å²) in [7, 11) is 3.81. The van der Waals surface area contributed by atoms with E-state index in [1.165, 1.54) is 12.8 Å². The number of amides is 1. The predicted octanol–water partition coefficient (Wildman–Crippen LogP) is 7.03. The van der Waals surface area contributed by atoms with Crippen molar-refractivity contribution in [2.24, 2.45) is 5.92 Å². The van der Waals surface area contributed by atoms with Gasteiger partial charge in [-0.05, 0) is 117 Å². The van der Waals surface area contributed by atoms with Gasteiger partial charge in [-0.3, -0.25) is 4.79 Å². The van der Waals surface area contributed by atoms with Gasteiger partial charge in [-0.1, -0.05) is 30.7 Å². The van der Waals surface area contributed by atoms with Crippen LogP contribution in [0, 0.1) is 5.92 Å². The van der Waals surface area contributed by atoms with Gasteiger partial charge in [0.2, 0.25) is 5.91 Å². The SMILES string of the molecule is CCC(C)Oc1cc2c(cc1OC)CC(=O)N(c1ccc(N(C)C(C)C3CCCNC3)cc1)C2c1ccc(Cl)cc1. The van der Waals surface area contributed by atoms with Gasteiger partial charge in [0.25, 0.3) is 0 Å². The van der Waals surface area contributed by atoms with Crippen LogP contribution in [0.1, 0.15) is 62.8 Å². The summed E-state index contributed by atoms with van der Waals surface area (Å²) in [5.41, 5.74) is 4.98. The van der Waals surface area contributed by atoms with Gasteiger partial charge in [0.1, 0.15) is 0 Å². The molecule has 4 unspecified atom stereocenters. The number of rotatable bonds is 9. The summed E-state index contributed by atoms with van der Waals surface area (Å²) >= 11 is 6.27. The molecule has 41 heavy (non-hydrogen) atoms. The molecule has 4 atom stereocenters. The molecule has 0 saturated carbocycles. The van der Waals surface area contributed by atoms with E-state index in [0.29, 0.717) is 28.5 Å². The highest BCUT2D eigenvalue weighted by Crippen LogP contribution is 2.44. The van der Waals surface area contributed by atoms with E-state index in [2.05, 4.69) is 68.4 Å². The molecule has 3 aromatic rings. The van der Waals surface area contributed by atoms with Gasteiger partial charge in [-0.15, -0.1) is 0 Å². The van der Waals surface area contributed by atoms with Crippen LogP contribution in [-0.4, -0.2) is 45.3 Å². The molecule has 5 rings (SSSR count). The molecule has 6 nitrogen and oxygen atoms in total. The van der Waals surface area contributed by atoms with Crippen molar-refractivity contribution in [1.82, 2.24) is 5.32 Å².